The molecule has 11 heteroatoms. The number of anilines is 1. The minimum Gasteiger partial charge on any atom is -0.494 e. The third kappa shape index (κ3) is 5.40. The van der Waals surface area contributed by atoms with E-state index in [-0.39, 0.29) is 17.6 Å². The first-order chi connectivity index (χ1) is 24.2. The molecule has 9 nitrogen and oxygen atoms in total. The number of carbonyl (C=O) groups excluding carboxylic acids is 1. The Balaban J connectivity index is 1.39. The van der Waals surface area contributed by atoms with Gasteiger partial charge >= 0.3 is 5.97 Å². The molecular formula is C40H41Cl2N5O4. The second-order valence-corrected chi connectivity index (χ2v) is 14.6. The Hall–Kier alpha value is -4.73. The molecule has 0 aliphatic carbocycles. The van der Waals surface area contributed by atoms with Gasteiger partial charge in [0.15, 0.2) is 0 Å². The van der Waals surface area contributed by atoms with Crippen LogP contribution in [0.15, 0.2) is 42.5 Å². The zero-order valence-corrected chi connectivity index (χ0v) is 31.6. The third-order valence-corrected chi connectivity index (χ3v) is 11.4. The van der Waals surface area contributed by atoms with E-state index < -0.39 is 5.97 Å². The number of hydrogen-bond donors (Lipinski definition) is 1. The number of nitrogens with zero attached hydrogens (tertiary/aromatic N) is 5. The number of para-hydroxylation sites is 1. The Morgan fingerprint density at radius 2 is 1.69 bits per heavy atom. The van der Waals surface area contributed by atoms with Crippen molar-refractivity contribution in [3.63, 3.8) is 0 Å². The molecule has 6 aromatic rings. The van der Waals surface area contributed by atoms with E-state index in [0.29, 0.717) is 53.5 Å². The zero-order chi connectivity index (χ0) is 36.6. The minimum atomic E-state index is -1.01. The number of rotatable bonds is 8. The molecule has 1 aliphatic heterocycles. The van der Waals surface area contributed by atoms with Crippen LogP contribution >= 0.6 is 23.2 Å². The van der Waals surface area contributed by atoms with Gasteiger partial charge in [-0.2, -0.15) is 5.10 Å². The van der Waals surface area contributed by atoms with Crippen molar-refractivity contribution in [2.24, 2.45) is 14.1 Å². The van der Waals surface area contributed by atoms with Crippen molar-refractivity contribution in [3.05, 3.63) is 97.5 Å². The van der Waals surface area contributed by atoms with E-state index in [0.717, 1.165) is 66.3 Å². The summed E-state index contributed by atoms with van der Waals surface area (Å²) in [7, 11) is 3.67. The fourth-order valence-electron chi connectivity index (χ4n) is 8.14. The van der Waals surface area contributed by atoms with Crippen molar-refractivity contribution in [1.82, 2.24) is 18.9 Å². The maximum Gasteiger partial charge on any atom is 0.352 e. The highest BCUT2D eigenvalue weighted by molar-refractivity contribution is 6.35. The SMILES string of the molecule is Cc1cc(OCCCc2c3n(c4c(-c5c(C)nn(C)c5C)c(Cl)ccc24)C(C)CN(c2cccc4c(C)c(C(=O)O)n(C)c24)C3=O)cc(C)c1Cl. The lowest BCUT2D eigenvalue weighted by molar-refractivity contribution is 0.0686. The second kappa shape index (κ2) is 12.8. The molecule has 0 fully saturated rings. The van der Waals surface area contributed by atoms with Crippen molar-refractivity contribution in [2.45, 2.75) is 60.4 Å². The minimum absolute atomic E-state index is 0.143. The van der Waals surface area contributed by atoms with E-state index in [2.05, 4.69) is 11.5 Å². The van der Waals surface area contributed by atoms with Crippen molar-refractivity contribution in [2.75, 3.05) is 18.1 Å². The first-order valence-electron chi connectivity index (χ1n) is 17.1. The molecule has 264 valence electrons. The molecule has 4 heterocycles. The van der Waals surface area contributed by atoms with E-state index in [1.54, 1.807) is 11.6 Å². The molecule has 1 aliphatic rings. The Morgan fingerprint density at radius 3 is 2.33 bits per heavy atom. The van der Waals surface area contributed by atoms with E-state index in [1.807, 2.05) is 93.7 Å². The van der Waals surface area contributed by atoms with Gasteiger partial charge in [0.2, 0.25) is 0 Å². The van der Waals surface area contributed by atoms with Gasteiger partial charge in [0.05, 0.1) is 34.0 Å². The molecule has 0 bridgehead atoms. The summed E-state index contributed by atoms with van der Waals surface area (Å²) >= 11 is 13.5. The number of carboxylic acid groups (broad SMARTS) is 1. The summed E-state index contributed by atoms with van der Waals surface area (Å²) in [5, 5.41) is 17.9. The number of amides is 1. The standard InChI is InChI=1S/C40H41Cl2N5O4/c1-20-17-26(18-21(2)34(20)42)51-16-10-12-28-29-14-15-30(41)33(32-24(5)43-45(8)25(32)6)37(29)47-22(3)19-46(39(48)38(28)47)31-13-9-11-27-23(4)35(40(49)50)44(7)36(27)31/h9,11,13-15,17-18,22H,10,12,16,19H2,1-8H3,(H,49,50). The normalized spacial score (nSPS) is 14.6. The van der Waals surface area contributed by atoms with E-state index >= 15 is 4.79 Å². The van der Waals surface area contributed by atoms with Gasteiger partial charge in [0, 0.05) is 59.3 Å². The van der Waals surface area contributed by atoms with Gasteiger partial charge in [-0.15, -0.1) is 0 Å². The molecule has 51 heavy (non-hydrogen) atoms. The number of halogens is 2. The summed E-state index contributed by atoms with van der Waals surface area (Å²) in [6.45, 7) is 12.7. The van der Waals surface area contributed by atoms with Crippen LogP contribution in [0.2, 0.25) is 10.0 Å². The predicted molar refractivity (Wildman–Crippen MR) is 204 cm³/mol. The number of aromatic nitrogens is 4. The van der Waals surface area contributed by atoms with E-state index in [9.17, 15) is 9.90 Å². The van der Waals surface area contributed by atoms with Gasteiger partial charge in [-0.3, -0.25) is 9.48 Å². The smallest absolute Gasteiger partial charge is 0.352 e. The Morgan fingerprint density at radius 1 is 0.980 bits per heavy atom. The lowest BCUT2D eigenvalue weighted by Gasteiger charge is -2.35. The molecule has 1 N–H and O–H groups in total. The van der Waals surface area contributed by atoms with Crippen molar-refractivity contribution in [1.29, 1.82) is 0 Å². The first-order valence-corrected chi connectivity index (χ1v) is 17.9. The van der Waals surface area contributed by atoms with Crippen LogP contribution in [0.3, 0.4) is 0 Å². The highest BCUT2D eigenvalue weighted by Crippen LogP contribution is 2.46. The monoisotopic (exact) mass is 725 g/mol. The van der Waals surface area contributed by atoms with Crippen molar-refractivity contribution in [3.8, 4) is 16.9 Å². The number of aromatic carboxylic acids is 1. The second-order valence-electron chi connectivity index (χ2n) is 13.8. The summed E-state index contributed by atoms with van der Waals surface area (Å²) in [6.07, 6.45) is 1.24. The van der Waals surface area contributed by atoms with Crippen LogP contribution in [-0.4, -0.2) is 49.0 Å². The summed E-state index contributed by atoms with van der Waals surface area (Å²) in [5.41, 5.74) is 10.3. The molecule has 0 radical (unpaired) electrons. The number of carboxylic acids is 1. The molecule has 1 amide bonds. The molecule has 0 saturated carbocycles. The fraction of sp³-hybridized carbons (Fsp3) is 0.325. The van der Waals surface area contributed by atoms with Gasteiger partial charge < -0.3 is 23.9 Å². The molecule has 1 unspecified atom stereocenters. The van der Waals surface area contributed by atoms with Crippen LogP contribution in [-0.2, 0) is 20.5 Å². The molecule has 0 spiro atoms. The molecule has 0 saturated heterocycles. The van der Waals surface area contributed by atoms with E-state index in [4.69, 9.17) is 33.0 Å². The number of carbonyl (C=O) groups is 2. The lowest BCUT2D eigenvalue weighted by Crippen LogP contribution is -2.43. The average molecular weight is 727 g/mol. The van der Waals surface area contributed by atoms with E-state index in [1.165, 1.54) is 0 Å². The quantitative estimate of drug-likeness (QED) is 0.158. The summed E-state index contributed by atoms with van der Waals surface area (Å²) in [4.78, 5) is 29.1. The van der Waals surface area contributed by atoms with Gasteiger partial charge in [-0.1, -0.05) is 41.4 Å². The van der Waals surface area contributed by atoms with Gasteiger partial charge in [0.1, 0.15) is 17.1 Å². The molecule has 1 atom stereocenters. The number of aryl methyl sites for hydroxylation is 7. The van der Waals surface area contributed by atoms with Crippen LogP contribution in [0, 0.1) is 34.6 Å². The van der Waals surface area contributed by atoms with Crippen LogP contribution < -0.4 is 9.64 Å². The number of benzene rings is 3. The summed E-state index contributed by atoms with van der Waals surface area (Å²) in [6, 6.07) is 13.4. The third-order valence-electron chi connectivity index (χ3n) is 10.5. The molecular weight excluding hydrogens is 685 g/mol. The Labute approximate surface area is 306 Å². The fourth-order valence-corrected chi connectivity index (χ4v) is 8.49. The van der Waals surface area contributed by atoms with Gasteiger partial charge in [-0.05, 0) is 101 Å². The predicted octanol–water partition coefficient (Wildman–Crippen LogP) is 9.31. The van der Waals surface area contributed by atoms with Crippen molar-refractivity contribution < 1.29 is 19.4 Å². The Kier molecular flexibility index (Phi) is 8.71. The number of ether oxygens (including phenoxy) is 1. The maximum atomic E-state index is 15.1. The molecule has 3 aromatic carbocycles. The number of fused-ring (bicyclic) bond motifs is 4. The average Bonchev–Trinajstić information content (AvgIpc) is 3.65. The van der Waals surface area contributed by atoms with Crippen LogP contribution in [0.5, 0.6) is 5.75 Å². The highest BCUT2D eigenvalue weighted by atomic mass is 35.5. The zero-order valence-electron chi connectivity index (χ0n) is 30.1. The highest BCUT2D eigenvalue weighted by Gasteiger charge is 2.38. The van der Waals surface area contributed by atoms with Crippen LogP contribution in [0.25, 0.3) is 32.9 Å². The number of hydrogen-bond acceptors (Lipinski definition) is 4. The molecule has 3 aromatic heterocycles. The van der Waals surface area contributed by atoms with Gasteiger partial charge in [0.25, 0.3) is 5.91 Å². The largest absolute Gasteiger partial charge is 0.494 e. The summed E-state index contributed by atoms with van der Waals surface area (Å²) < 4.78 is 11.9. The Bertz CT molecular complexity index is 2410. The topological polar surface area (TPSA) is 94.5 Å². The maximum absolute atomic E-state index is 15.1. The lowest BCUT2D eigenvalue weighted by atomic mass is 9.98. The molecule has 7 rings (SSSR count). The summed E-state index contributed by atoms with van der Waals surface area (Å²) in [5.74, 6) is -0.388. The van der Waals surface area contributed by atoms with Crippen LogP contribution in [0.1, 0.15) is 74.0 Å². The van der Waals surface area contributed by atoms with Gasteiger partial charge in [-0.25, -0.2) is 4.79 Å². The van der Waals surface area contributed by atoms with Crippen LogP contribution in [0.4, 0.5) is 5.69 Å². The first kappa shape index (κ1) is 34.7. The van der Waals surface area contributed by atoms with Crippen molar-refractivity contribution >= 4 is 62.6 Å².